The van der Waals surface area contributed by atoms with Crippen molar-refractivity contribution >= 4 is 23.4 Å². The zero-order valence-corrected chi connectivity index (χ0v) is 9.21. The van der Waals surface area contributed by atoms with Crippen LogP contribution in [0.4, 0.5) is 0 Å². The van der Waals surface area contributed by atoms with Gasteiger partial charge in [-0.3, -0.25) is 9.59 Å². The predicted molar refractivity (Wildman–Crippen MR) is 57.2 cm³/mol. The Kier molecular flexibility index (Phi) is 3.14. The highest BCUT2D eigenvalue weighted by molar-refractivity contribution is 6.32. The normalized spacial score (nSPS) is 20.3. The number of hydrogen-bond acceptors (Lipinski definition) is 3. The first-order valence-corrected chi connectivity index (χ1v) is 5.38. The third-order valence-electron chi connectivity index (χ3n) is 2.45. The highest BCUT2D eigenvalue weighted by Crippen LogP contribution is 2.16. The number of halogens is 1. The minimum Gasteiger partial charge on any atom is -0.452 e. The summed E-state index contributed by atoms with van der Waals surface area (Å²) in [6.07, 6.45) is 2.83. The summed E-state index contributed by atoms with van der Waals surface area (Å²) in [6.45, 7) is 0.664. The van der Waals surface area contributed by atoms with Gasteiger partial charge in [0, 0.05) is 6.54 Å². The van der Waals surface area contributed by atoms with E-state index in [-0.39, 0.29) is 22.6 Å². The van der Waals surface area contributed by atoms with Gasteiger partial charge in [0.05, 0.1) is 11.8 Å². The third-order valence-corrected chi connectivity index (χ3v) is 2.75. The SMILES string of the molecule is O=C(NC1CCCNC1=O)c1ccoc1Cl. The van der Waals surface area contributed by atoms with Crippen molar-refractivity contribution in [1.29, 1.82) is 0 Å². The van der Waals surface area contributed by atoms with Crippen LogP contribution < -0.4 is 10.6 Å². The second-order valence-electron chi connectivity index (χ2n) is 3.57. The Hall–Kier alpha value is -1.49. The van der Waals surface area contributed by atoms with Gasteiger partial charge in [-0.2, -0.15) is 0 Å². The highest BCUT2D eigenvalue weighted by atomic mass is 35.5. The molecule has 2 heterocycles. The van der Waals surface area contributed by atoms with Crippen molar-refractivity contribution in [1.82, 2.24) is 10.6 Å². The van der Waals surface area contributed by atoms with E-state index < -0.39 is 6.04 Å². The van der Waals surface area contributed by atoms with Gasteiger partial charge in [0.2, 0.25) is 11.1 Å². The van der Waals surface area contributed by atoms with Crippen molar-refractivity contribution in [2.24, 2.45) is 0 Å². The van der Waals surface area contributed by atoms with Gasteiger partial charge in [-0.1, -0.05) is 0 Å². The maximum Gasteiger partial charge on any atom is 0.256 e. The molecule has 0 aliphatic carbocycles. The molecule has 2 rings (SSSR count). The molecule has 1 aromatic heterocycles. The van der Waals surface area contributed by atoms with Gasteiger partial charge in [-0.25, -0.2) is 0 Å². The molecule has 0 radical (unpaired) electrons. The van der Waals surface area contributed by atoms with Crippen molar-refractivity contribution in [3.05, 3.63) is 23.1 Å². The van der Waals surface area contributed by atoms with Crippen molar-refractivity contribution in [2.75, 3.05) is 6.54 Å². The second-order valence-corrected chi connectivity index (χ2v) is 3.91. The van der Waals surface area contributed by atoms with Crippen molar-refractivity contribution in [3.8, 4) is 0 Å². The molecule has 2 N–H and O–H groups in total. The first-order valence-electron chi connectivity index (χ1n) is 5.00. The van der Waals surface area contributed by atoms with Gasteiger partial charge in [0.25, 0.3) is 5.91 Å². The molecular weight excluding hydrogens is 232 g/mol. The molecule has 1 unspecified atom stereocenters. The predicted octanol–water partition coefficient (Wildman–Crippen LogP) is 0.941. The van der Waals surface area contributed by atoms with Crippen molar-refractivity contribution < 1.29 is 14.0 Å². The van der Waals surface area contributed by atoms with Crippen LogP contribution in [0, 0.1) is 0 Å². The van der Waals surface area contributed by atoms with Crippen LogP contribution in [0.2, 0.25) is 5.22 Å². The summed E-state index contributed by atoms with van der Waals surface area (Å²) in [5.74, 6) is -0.542. The summed E-state index contributed by atoms with van der Waals surface area (Å²) in [5, 5.41) is 5.34. The van der Waals surface area contributed by atoms with E-state index in [1.165, 1.54) is 12.3 Å². The smallest absolute Gasteiger partial charge is 0.256 e. The quantitative estimate of drug-likeness (QED) is 0.811. The fourth-order valence-corrected chi connectivity index (χ4v) is 1.80. The molecule has 6 heteroatoms. The number of piperidine rings is 1. The first kappa shape index (κ1) is 11.0. The van der Waals surface area contributed by atoms with Gasteiger partial charge in [-0.05, 0) is 30.5 Å². The van der Waals surface area contributed by atoms with E-state index in [0.29, 0.717) is 13.0 Å². The monoisotopic (exact) mass is 242 g/mol. The molecule has 1 fully saturated rings. The molecule has 0 bridgehead atoms. The number of rotatable bonds is 2. The highest BCUT2D eigenvalue weighted by Gasteiger charge is 2.25. The Morgan fingerprint density at radius 2 is 2.44 bits per heavy atom. The van der Waals surface area contributed by atoms with E-state index in [1.807, 2.05) is 0 Å². The van der Waals surface area contributed by atoms with Gasteiger partial charge in [0.15, 0.2) is 0 Å². The lowest BCUT2D eigenvalue weighted by Crippen LogP contribution is -2.50. The van der Waals surface area contributed by atoms with Crippen LogP contribution in [0.1, 0.15) is 23.2 Å². The van der Waals surface area contributed by atoms with Crippen molar-refractivity contribution in [2.45, 2.75) is 18.9 Å². The molecule has 1 atom stereocenters. The van der Waals surface area contributed by atoms with E-state index in [1.54, 1.807) is 0 Å². The van der Waals surface area contributed by atoms with Gasteiger partial charge in [-0.15, -0.1) is 0 Å². The van der Waals surface area contributed by atoms with Crippen LogP contribution >= 0.6 is 11.6 Å². The number of amides is 2. The number of carbonyl (C=O) groups is 2. The van der Waals surface area contributed by atoms with Crippen LogP contribution in [0.5, 0.6) is 0 Å². The lowest BCUT2D eigenvalue weighted by atomic mass is 10.1. The molecule has 86 valence electrons. The average molecular weight is 243 g/mol. The zero-order valence-electron chi connectivity index (χ0n) is 8.46. The summed E-state index contributed by atoms with van der Waals surface area (Å²) < 4.78 is 4.81. The van der Waals surface area contributed by atoms with Crippen LogP contribution in [-0.4, -0.2) is 24.4 Å². The van der Waals surface area contributed by atoms with E-state index in [9.17, 15) is 9.59 Å². The lowest BCUT2D eigenvalue weighted by molar-refractivity contribution is -0.124. The van der Waals surface area contributed by atoms with Crippen LogP contribution in [0.15, 0.2) is 16.7 Å². The van der Waals surface area contributed by atoms with E-state index in [2.05, 4.69) is 10.6 Å². The summed E-state index contributed by atoms with van der Waals surface area (Å²) in [7, 11) is 0. The Labute approximate surface area is 97.1 Å². The molecule has 1 saturated heterocycles. The Balaban J connectivity index is 2.02. The molecule has 0 aromatic carbocycles. The minimum atomic E-state index is -0.479. The fourth-order valence-electron chi connectivity index (χ4n) is 1.60. The minimum absolute atomic E-state index is 0.0358. The molecule has 0 saturated carbocycles. The van der Waals surface area contributed by atoms with Crippen LogP contribution in [-0.2, 0) is 4.79 Å². The molecule has 1 aliphatic rings. The van der Waals surface area contributed by atoms with Crippen molar-refractivity contribution in [3.63, 3.8) is 0 Å². The Morgan fingerprint density at radius 1 is 1.62 bits per heavy atom. The largest absolute Gasteiger partial charge is 0.452 e. The molecule has 2 amide bonds. The maximum absolute atomic E-state index is 11.7. The van der Waals surface area contributed by atoms with E-state index >= 15 is 0 Å². The molecule has 0 spiro atoms. The number of nitrogens with one attached hydrogen (secondary N) is 2. The standard InChI is InChI=1S/C10H11ClN2O3/c11-8-6(3-5-16-8)9(14)13-7-2-1-4-12-10(7)15/h3,5,7H,1-2,4H2,(H,12,15)(H,13,14). The van der Waals surface area contributed by atoms with E-state index in [0.717, 1.165) is 6.42 Å². The Bertz CT molecular complexity index is 416. The molecule has 5 nitrogen and oxygen atoms in total. The third kappa shape index (κ3) is 2.19. The van der Waals surface area contributed by atoms with Gasteiger partial charge in [0.1, 0.15) is 6.04 Å². The number of furan rings is 1. The lowest BCUT2D eigenvalue weighted by Gasteiger charge is -2.22. The summed E-state index contributed by atoms with van der Waals surface area (Å²) >= 11 is 5.66. The second kappa shape index (κ2) is 4.57. The zero-order chi connectivity index (χ0) is 11.5. The fraction of sp³-hybridized carbons (Fsp3) is 0.400. The number of hydrogen-bond donors (Lipinski definition) is 2. The van der Waals surface area contributed by atoms with E-state index in [4.69, 9.17) is 16.0 Å². The summed E-state index contributed by atoms with van der Waals surface area (Å²) in [6, 6.07) is 0.991. The maximum atomic E-state index is 11.7. The molecular formula is C10H11ClN2O3. The molecule has 1 aromatic rings. The topological polar surface area (TPSA) is 71.3 Å². The van der Waals surface area contributed by atoms with Crippen LogP contribution in [0.25, 0.3) is 0 Å². The van der Waals surface area contributed by atoms with Gasteiger partial charge < -0.3 is 15.1 Å². The Morgan fingerprint density at radius 3 is 3.06 bits per heavy atom. The van der Waals surface area contributed by atoms with Crippen LogP contribution in [0.3, 0.4) is 0 Å². The molecule has 16 heavy (non-hydrogen) atoms. The number of carbonyl (C=O) groups excluding carboxylic acids is 2. The first-order chi connectivity index (χ1) is 7.68. The summed E-state index contributed by atoms with van der Waals surface area (Å²) in [5.41, 5.74) is 0.250. The molecule has 1 aliphatic heterocycles. The average Bonchev–Trinajstić information content (AvgIpc) is 2.68. The van der Waals surface area contributed by atoms with Gasteiger partial charge >= 0.3 is 0 Å². The summed E-state index contributed by atoms with van der Waals surface area (Å²) in [4.78, 5) is 23.1.